The summed E-state index contributed by atoms with van der Waals surface area (Å²) >= 11 is 0. The van der Waals surface area contributed by atoms with Gasteiger partial charge in [0.1, 0.15) is 0 Å². The Morgan fingerprint density at radius 1 is 0.857 bits per heavy atom. The molecule has 0 fully saturated rings. The van der Waals surface area contributed by atoms with Crippen LogP contribution in [0.1, 0.15) is 45.7 Å². The Morgan fingerprint density at radius 3 is 2.39 bits per heavy atom. The molecule has 0 saturated heterocycles. The molecule has 0 spiro atoms. The Bertz CT molecular complexity index is 995. The van der Waals surface area contributed by atoms with Crippen molar-refractivity contribution in [1.29, 1.82) is 0 Å². The molecule has 3 aromatic rings. The van der Waals surface area contributed by atoms with E-state index in [9.17, 15) is 9.59 Å². The van der Waals surface area contributed by atoms with E-state index in [0.717, 1.165) is 17.7 Å². The smallest absolute Gasteiger partial charge is 0.255 e. The topological polar surface area (TPSA) is 58.2 Å². The molecule has 0 aliphatic carbocycles. The number of ketones is 1. The first-order valence-corrected chi connectivity index (χ1v) is 9.40. The minimum atomic E-state index is -0.198. The minimum absolute atomic E-state index is 0.0310. The van der Waals surface area contributed by atoms with E-state index >= 15 is 0 Å². The second-order valence-corrected chi connectivity index (χ2v) is 6.66. The highest BCUT2D eigenvalue weighted by Gasteiger charge is 2.09. The van der Waals surface area contributed by atoms with E-state index in [-0.39, 0.29) is 11.7 Å². The fourth-order valence-electron chi connectivity index (χ4n) is 3.04. The Kier molecular flexibility index (Phi) is 6.22. The van der Waals surface area contributed by atoms with Crippen LogP contribution in [0.4, 0.5) is 11.4 Å². The number of aryl methyl sites for hydroxylation is 1. The molecule has 3 rings (SSSR count). The predicted octanol–water partition coefficient (Wildman–Crippen LogP) is 5.32. The van der Waals surface area contributed by atoms with Gasteiger partial charge >= 0.3 is 0 Å². The molecule has 0 radical (unpaired) electrons. The lowest BCUT2D eigenvalue weighted by molar-refractivity contribution is 0.101. The van der Waals surface area contributed by atoms with Gasteiger partial charge in [-0.3, -0.25) is 9.59 Å². The van der Waals surface area contributed by atoms with Gasteiger partial charge in [-0.2, -0.15) is 0 Å². The molecule has 0 aliphatic heterocycles. The molecule has 0 saturated carbocycles. The monoisotopic (exact) mass is 372 g/mol. The normalized spacial score (nSPS) is 10.4. The molecule has 0 heterocycles. The number of hydrogen-bond donors (Lipinski definition) is 2. The number of nitrogens with one attached hydrogen (secondary N) is 2. The van der Waals surface area contributed by atoms with E-state index in [2.05, 4.69) is 29.7 Å². The van der Waals surface area contributed by atoms with Gasteiger partial charge in [0, 0.05) is 29.0 Å². The first-order chi connectivity index (χ1) is 13.6. The number of benzene rings is 3. The van der Waals surface area contributed by atoms with Crippen molar-refractivity contribution >= 4 is 23.1 Å². The lowest BCUT2D eigenvalue weighted by Gasteiger charge is -2.12. The van der Waals surface area contributed by atoms with Crippen LogP contribution in [0.3, 0.4) is 0 Å². The molecular formula is C24H24N2O2. The van der Waals surface area contributed by atoms with E-state index < -0.39 is 0 Å². The highest BCUT2D eigenvalue weighted by atomic mass is 16.1. The SMILES string of the molecule is CCc1ccccc1NCc1cccc(C(=O)Nc2cccc(C(C)=O)c2)c1. The quantitative estimate of drug-likeness (QED) is 0.552. The van der Waals surface area contributed by atoms with E-state index in [1.54, 1.807) is 30.3 Å². The first kappa shape index (κ1) is 19.4. The highest BCUT2D eigenvalue weighted by Crippen LogP contribution is 2.18. The van der Waals surface area contributed by atoms with E-state index in [1.165, 1.54) is 12.5 Å². The maximum absolute atomic E-state index is 12.6. The summed E-state index contributed by atoms with van der Waals surface area (Å²) in [5, 5.41) is 6.31. The standard InChI is InChI=1S/C24H24N2O2/c1-3-19-9-4-5-13-23(19)25-16-18-8-6-11-21(14-18)24(28)26-22-12-7-10-20(15-22)17(2)27/h4-15,25H,3,16H2,1-2H3,(H,26,28). The van der Waals surface area contributed by atoms with Gasteiger partial charge in [-0.1, -0.05) is 49.4 Å². The zero-order valence-corrected chi connectivity index (χ0v) is 16.2. The van der Waals surface area contributed by atoms with E-state index in [1.807, 2.05) is 30.3 Å². The zero-order chi connectivity index (χ0) is 19.9. The minimum Gasteiger partial charge on any atom is -0.381 e. The largest absolute Gasteiger partial charge is 0.381 e. The van der Waals surface area contributed by atoms with Crippen molar-refractivity contribution in [2.24, 2.45) is 0 Å². The van der Waals surface area contributed by atoms with Gasteiger partial charge in [0.05, 0.1) is 0 Å². The van der Waals surface area contributed by atoms with Crippen LogP contribution in [0.15, 0.2) is 72.8 Å². The number of amides is 1. The molecule has 142 valence electrons. The lowest BCUT2D eigenvalue weighted by Crippen LogP contribution is -2.13. The molecule has 28 heavy (non-hydrogen) atoms. The third-order valence-corrected chi connectivity index (χ3v) is 4.60. The van der Waals surface area contributed by atoms with Crippen molar-refractivity contribution < 1.29 is 9.59 Å². The summed E-state index contributed by atoms with van der Waals surface area (Å²) in [6.45, 7) is 4.28. The predicted molar refractivity (Wildman–Crippen MR) is 114 cm³/mol. The fourth-order valence-corrected chi connectivity index (χ4v) is 3.04. The summed E-state index contributed by atoms with van der Waals surface area (Å²) in [4.78, 5) is 24.1. The van der Waals surface area contributed by atoms with Crippen LogP contribution in [-0.2, 0) is 13.0 Å². The first-order valence-electron chi connectivity index (χ1n) is 9.40. The molecule has 0 aromatic heterocycles. The molecule has 2 N–H and O–H groups in total. The van der Waals surface area contributed by atoms with Crippen LogP contribution >= 0.6 is 0 Å². The van der Waals surface area contributed by atoms with Crippen LogP contribution in [-0.4, -0.2) is 11.7 Å². The van der Waals surface area contributed by atoms with Crippen LogP contribution in [0.2, 0.25) is 0 Å². The third-order valence-electron chi connectivity index (χ3n) is 4.60. The van der Waals surface area contributed by atoms with Crippen molar-refractivity contribution in [3.63, 3.8) is 0 Å². The van der Waals surface area contributed by atoms with E-state index in [4.69, 9.17) is 0 Å². The van der Waals surface area contributed by atoms with Gasteiger partial charge < -0.3 is 10.6 Å². The summed E-state index contributed by atoms with van der Waals surface area (Å²) in [7, 11) is 0. The second kappa shape index (κ2) is 9.00. The molecule has 0 atom stereocenters. The van der Waals surface area contributed by atoms with Gasteiger partial charge in [-0.25, -0.2) is 0 Å². The van der Waals surface area contributed by atoms with Crippen molar-refractivity contribution in [3.05, 3.63) is 95.1 Å². The van der Waals surface area contributed by atoms with Crippen molar-refractivity contribution in [2.45, 2.75) is 26.8 Å². The number of para-hydroxylation sites is 1. The van der Waals surface area contributed by atoms with Gasteiger partial charge in [0.25, 0.3) is 5.91 Å². The Labute approximate surface area is 165 Å². The van der Waals surface area contributed by atoms with Crippen molar-refractivity contribution in [1.82, 2.24) is 0 Å². The summed E-state index contributed by atoms with van der Waals surface area (Å²) in [5.41, 5.74) is 5.17. The number of hydrogen-bond acceptors (Lipinski definition) is 3. The summed E-state index contributed by atoms with van der Waals surface area (Å²) in [5.74, 6) is -0.229. The summed E-state index contributed by atoms with van der Waals surface area (Å²) < 4.78 is 0. The van der Waals surface area contributed by atoms with Crippen LogP contribution in [0, 0.1) is 0 Å². The number of anilines is 2. The molecule has 0 aliphatic rings. The van der Waals surface area contributed by atoms with Crippen LogP contribution in [0.5, 0.6) is 0 Å². The van der Waals surface area contributed by atoms with Crippen LogP contribution < -0.4 is 10.6 Å². The molecule has 3 aromatic carbocycles. The van der Waals surface area contributed by atoms with Crippen molar-refractivity contribution in [3.8, 4) is 0 Å². The number of Topliss-reactive ketones (excluding diaryl/α,β-unsaturated/α-hetero) is 1. The Morgan fingerprint density at radius 2 is 1.61 bits per heavy atom. The van der Waals surface area contributed by atoms with Gasteiger partial charge in [-0.05, 0) is 54.8 Å². The average Bonchev–Trinajstić information content (AvgIpc) is 2.72. The molecule has 4 heteroatoms. The molecule has 0 unspecified atom stereocenters. The molecular weight excluding hydrogens is 348 g/mol. The van der Waals surface area contributed by atoms with Crippen molar-refractivity contribution in [2.75, 3.05) is 10.6 Å². The number of rotatable bonds is 7. The lowest BCUT2D eigenvalue weighted by atomic mass is 10.1. The number of carbonyl (C=O) groups is 2. The maximum Gasteiger partial charge on any atom is 0.255 e. The maximum atomic E-state index is 12.6. The second-order valence-electron chi connectivity index (χ2n) is 6.66. The molecule has 0 bridgehead atoms. The zero-order valence-electron chi connectivity index (χ0n) is 16.2. The van der Waals surface area contributed by atoms with Gasteiger partial charge in [0.15, 0.2) is 5.78 Å². The van der Waals surface area contributed by atoms with Gasteiger partial charge in [0.2, 0.25) is 0 Å². The van der Waals surface area contributed by atoms with Gasteiger partial charge in [-0.15, -0.1) is 0 Å². The highest BCUT2D eigenvalue weighted by molar-refractivity contribution is 6.05. The summed E-state index contributed by atoms with van der Waals surface area (Å²) in [6.07, 6.45) is 0.963. The van der Waals surface area contributed by atoms with E-state index in [0.29, 0.717) is 23.4 Å². The fraction of sp³-hybridized carbons (Fsp3) is 0.167. The molecule has 1 amide bonds. The third kappa shape index (κ3) is 4.86. The Hall–Kier alpha value is -3.40. The summed E-state index contributed by atoms with van der Waals surface area (Å²) in [6, 6.07) is 22.7. The Balaban J connectivity index is 1.69. The number of carbonyl (C=O) groups excluding carboxylic acids is 2. The molecule has 4 nitrogen and oxygen atoms in total. The van der Waals surface area contributed by atoms with Crippen LogP contribution in [0.25, 0.3) is 0 Å². The average molecular weight is 372 g/mol.